The van der Waals surface area contributed by atoms with Crippen LogP contribution in [0.2, 0.25) is 0 Å². The molecule has 10 heteroatoms. The van der Waals surface area contributed by atoms with Crippen molar-refractivity contribution in [3.63, 3.8) is 0 Å². The summed E-state index contributed by atoms with van der Waals surface area (Å²) >= 11 is 1.39. The fraction of sp³-hybridized carbons (Fsp3) is 0.286. The van der Waals surface area contributed by atoms with Crippen LogP contribution in [-0.4, -0.2) is 54.4 Å². The molecule has 8 nitrogen and oxygen atoms in total. The number of nitrogens with one attached hydrogen (secondary N) is 1. The highest BCUT2D eigenvalue weighted by Crippen LogP contribution is 2.42. The van der Waals surface area contributed by atoms with Gasteiger partial charge in [0.1, 0.15) is 17.1 Å². The van der Waals surface area contributed by atoms with Crippen molar-refractivity contribution in [3.05, 3.63) is 47.3 Å². The number of methoxy groups -OCH3 is 1. The lowest BCUT2D eigenvalue weighted by atomic mass is 9.92. The Kier molecular flexibility index (Phi) is 4.75. The molecule has 2 atom stereocenters. The topological polar surface area (TPSA) is 101 Å². The zero-order valence-corrected chi connectivity index (χ0v) is 17.2. The number of anilines is 2. The monoisotopic (exact) mass is 443 g/mol. The number of hydrogen-bond acceptors (Lipinski definition) is 7. The lowest BCUT2D eigenvalue weighted by molar-refractivity contribution is 0.0103. The quantitative estimate of drug-likeness (QED) is 0.624. The molecule has 0 saturated carbocycles. The second-order valence-electron chi connectivity index (χ2n) is 7.42. The summed E-state index contributed by atoms with van der Waals surface area (Å²) < 4.78 is 25.1. The van der Waals surface area contributed by atoms with Crippen LogP contribution < -0.4 is 15.0 Å². The van der Waals surface area contributed by atoms with Crippen LogP contribution in [-0.2, 0) is 4.74 Å². The van der Waals surface area contributed by atoms with Crippen molar-refractivity contribution in [2.75, 3.05) is 30.5 Å². The van der Waals surface area contributed by atoms with Gasteiger partial charge in [-0.3, -0.25) is 4.79 Å². The Morgan fingerprint density at radius 2 is 2.06 bits per heavy atom. The number of carbonyl (C=O) groups is 2. The molecule has 2 fully saturated rings. The van der Waals surface area contributed by atoms with Crippen LogP contribution >= 0.6 is 11.3 Å². The Balaban J connectivity index is 1.54. The van der Waals surface area contributed by atoms with Crippen LogP contribution in [0.5, 0.6) is 5.75 Å². The molecule has 2 aromatic carbocycles. The Bertz CT molecular complexity index is 1200. The second-order valence-corrected chi connectivity index (χ2v) is 8.40. The van der Waals surface area contributed by atoms with Crippen molar-refractivity contribution in [3.8, 4) is 5.75 Å². The molecule has 2 bridgehead atoms. The zero-order chi connectivity index (χ0) is 21.7. The van der Waals surface area contributed by atoms with Crippen molar-refractivity contribution >= 4 is 44.2 Å². The van der Waals surface area contributed by atoms with E-state index in [1.807, 2.05) is 0 Å². The Morgan fingerprint density at radius 1 is 1.29 bits per heavy atom. The van der Waals surface area contributed by atoms with Gasteiger partial charge in [0.25, 0.3) is 5.91 Å². The van der Waals surface area contributed by atoms with E-state index < -0.39 is 17.7 Å². The molecule has 2 aliphatic heterocycles. The van der Waals surface area contributed by atoms with E-state index in [1.165, 1.54) is 24.5 Å². The number of aromatic nitrogens is 1. The first-order chi connectivity index (χ1) is 15.0. The first-order valence-electron chi connectivity index (χ1n) is 9.64. The average Bonchev–Trinajstić information content (AvgIpc) is 3.17. The number of morpholine rings is 1. The second kappa shape index (κ2) is 7.47. The van der Waals surface area contributed by atoms with Gasteiger partial charge in [-0.15, -0.1) is 0 Å². The summed E-state index contributed by atoms with van der Waals surface area (Å²) in [7, 11) is 1.46. The van der Waals surface area contributed by atoms with Crippen molar-refractivity contribution in [2.45, 2.75) is 18.5 Å². The van der Waals surface area contributed by atoms with Crippen molar-refractivity contribution in [1.82, 2.24) is 4.98 Å². The highest BCUT2D eigenvalue weighted by Gasteiger charge is 2.44. The maximum absolute atomic E-state index is 13.5. The van der Waals surface area contributed by atoms with E-state index in [2.05, 4.69) is 10.2 Å². The highest BCUT2D eigenvalue weighted by molar-refractivity contribution is 7.22. The SMILES string of the molecule is COc1ccc2nc(N3C4COCC3C4)sc2c1C(=O)Nc1ccc(F)cc1C(=O)O. The predicted molar refractivity (Wildman–Crippen MR) is 113 cm³/mol. The van der Waals surface area contributed by atoms with Crippen molar-refractivity contribution in [1.29, 1.82) is 0 Å². The first kappa shape index (κ1) is 19.7. The zero-order valence-electron chi connectivity index (χ0n) is 16.4. The molecule has 3 aromatic rings. The third-order valence-electron chi connectivity index (χ3n) is 5.59. The lowest BCUT2D eigenvalue weighted by Gasteiger charge is -2.52. The summed E-state index contributed by atoms with van der Waals surface area (Å²) in [4.78, 5) is 31.6. The van der Waals surface area contributed by atoms with E-state index in [0.717, 1.165) is 23.7 Å². The number of rotatable bonds is 5. The fourth-order valence-corrected chi connectivity index (χ4v) is 5.34. The number of halogens is 1. The van der Waals surface area contributed by atoms with Gasteiger partial charge in [0.15, 0.2) is 5.13 Å². The Morgan fingerprint density at radius 3 is 2.74 bits per heavy atom. The van der Waals surface area contributed by atoms with E-state index >= 15 is 0 Å². The molecule has 0 aliphatic carbocycles. The van der Waals surface area contributed by atoms with Gasteiger partial charge in [-0.05, 0) is 36.8 Å². The molecular weight excluding hydrogens is 425 g/mol. The van der Waals surface area contributed by atoms with Crippen LogP contribution in [0.15, 0.2) is 30.3 Å². The minimum absolute atomic E-state index is 0.00267. The molecule has 3 heterocycles. The molecule has 2 unspecified atom stereocenters. The van der Waals surface area contributed by atoms with E-state index in [1.54, 1.807) is 12.1 Å². The number of benzene rings is 2. The highest BCUT2D eigenvalue weighted by atomic mass is 32.1. The number of carbonyl (C=O) groups excluding carboxylic acids is 1. The largest absolute Gasteiger partial charge is 0.496 e. The van der Waals surface area contributed by atoms with E-state index in [9.17, 15) is 19.1 Å². The maximum Gasteiger partial charge on any atom is 0.337 e. The number of amides is 1. The van der Waals surface area contributed by atoms with Crippen LogP contribution in [0.3, 0.4) is 0 Å². The lowest BCUT2D eigenvalue weighted by Crippen LogP contribution is -2.64. The standard InChI is InChI=1S/C21H18FN3O5S/c1-29-16-5-4-15-18(31-21(24-15)25-11-7-12(25)9-30-8-11)17(16)19(26)23-14-3-2-10(22)6-13(14)20(27)28/h2-6,11-12H,7-9H2,1H3,(H,23,26)(H,27,28). The van der Waals surface area contributed by atoms with E-state index in [-0.39, 0.29) is 28.9 Å². The predicted octanol–water partition coefficient (Wildman–Crippen LogP) is 3.37. The minimum atomic E-state index is -1.34. The number of fused-ring (bicyclic) bond motifs is 3. The number of carboxylic acid groups (broad SMARTS) is 1. The van der Waals surface area contributed by atoms with Gasteiger partial charge in [0.2, 0.25) is 0 Å². The van der Waals surface area contributed by atoms with Gasteiger partial charge in [0.05, 0.1) is 53.9 Å². The van der Waals surface area contributed by atoms with Crippen molar-refractivity contribution < 1.29 is 28.6 Å². The molecule has 160 valence electrons. The summed E-state index contributed by atoms with van der Waals surface area (Å²) in [5.41, 5.74) is 0.566. The third-order valence-corrected chi connectivity index (χ3v) is 6.69. The Hall–Kier alpha value is -3.24. The fourth-order valence-electron chi connectivity index (χ4n) is 4.10. The number of hydrogen-bond donors (Lipinski definition) is 2. The van der Waals surface area contributed by atoms with Crippen LogP contribution in [0.4, 0.5) is 15.2 Å². The summed E-state index contributed by atoms with van der Waals surface area (Å²) in [6.45, 7) is 1.32. The van der Waals surface area contributed by atoms with E-state index in [4.69, 9.17) is 14.5 Å². The van der Waals surface area contributed by atoms with Crippen LogP contribution in [0.1, 0.15) is 27.1 Å². The van der Waals surface area contributed by atoms with Crippen molar-refractivity contribution in [2.24, 2.45) is 0 Å². The van der Waals surface area contributed by atoms with Gasteiger partial charge in [-0.2, -0.15) is 0 Å². The molecule has 1 aromatic heterocycles. The average molecular weight is 443 g/mol. The molecule has 31 heavy (non-hydrogen) atoms. The molecule has 2 aliphatic rings. The number of aromatic carboxylic acids is 1. The van der Waals surface area contributed by atoms with Crippen LogP contribution in [0, 0.1) is 5.82 Å². The van der Waals surface area contributed by atoms with Gasteiger partial charge in [-0.1, -0.05) is 11.3 Å². The molecular formula is C21H18FN3O5S. The molecule has 2 saturated heterocycles. The summed E-state index contributed by atoms with van der Waals surface area (Å²) in [5, 5.41) is 12.8. The molecule has 5 rings (SSSR count). The number of thiazole rings is 1. The van der Waals surface area contributed by atoms with Gasteiger partial charge >= 0.3 is 5.97 Å². The molecule has 1 amide bonds. The Labute approximate surface area is 180 Å². The summed E-state index contributed by atoms with van der Waals surface area (Å²) in [6, 6.07) is 7.21. The third kappa shape index (κ3) is 3.28. The molecule has 0 radical (unpaired) electrons. The summed E-state index contributed by atoms with van der Waals surface area (Å²) in [5.74, 6) is -2.26. The van der Waals surface area contributed by atoms with Gasteiger partial charge < -0.3 is 24.8 Å². The normalized spacial score (nSPS) is 19.7. The first-order valence-corrected chi connectivity index (χ1v) is 10.5. The molecule has 0 spiro atoms. The number of carboxylic acids is 1. The van der Waals surface area contributed by atoms with Gasteiger partial charge in [-0.25, -0.2) is 14.2 Å². The summed E-state index contributed by atoms with van der Waals surface area (Å²) in [6.07, 6.45) is 1.06. The van der Waals surface area contributed by atoms with E-state index in [0.29, 0.717) is 29.2 Å². The number of nitrogens with zero attached hydrogens (tertiary/aromatic N) is 2. The van der Waals surface area contributed by atoms with Crippen LogP contribution in [0.25, 0.3) is 10.2 Å². The van der Waals surface area contributed by atoms with Gasteiger partial charge in [0, 0.05) is 0 Å². The smallest absolute Gasteiger partial charge is 0.337 e. The molecule has 2 N–H and O–H groups in total. The number of ether oxygens (including phenoxy) is 2. The maximum atomic E-state index is 13.5. The minimum Gasteiger partial charge on any atom is -0.496 e.